The minimum absolute atomic E-state index is 0.0494. The molecule has 1 aliphatic heterocycles. The van der Waals surface area contributed by atoms with Crippen molar-refractivity contribution in [3.05, 3.63) is 50.5 Å². The number of ether oxygens (including phenoxy) is 1. The molecule has 0 amide bonds. The maximum Gasteiger partial charge on any atom is 0.323 e. The number of hydrogen-bond acceptors (Lipinski definition) is 5. The molecule has 7 heteroatoms. The summed E-state index contributed by atoms with van der Waals surface area (Å²) in [5.41, 5.74) is 0.788. The largest absolute Gasteiger partial charge is 0.435 e. The lowest BCUT2D eigenvalue weighted by molar-refractivity contribution is -0.431. The van der Waals surface area contributed by atoms with Crippen molar-refractivity contribution in [2.75, 3.05) is 12.8 Å². The number of unbranched alkanes of at least 4 members (excludes halogenated alkanes) is 1. The van der Waals surface area contributed by atoms with E-state index in [1.165, 1.54) is 11.8 Å². The van der Waals surface area contributed by atoms with Crippen molar-refractivity contribution in [1.82, 2.24) is 5.32 Å². The Bertz CT molecular complexity index is 577. The molecule has 0 aliphatic carbocycles. The number of rotatable bonds is 6. The van der Waals surface area contributed by atoms with Crippen LogP contribution in [0.3, 0.4) is 0 Å². The smallest absolute Gasteiger partial charge is 0.323 e. The molecular formula is C14H17ClN2O3S. The Hall–Kier alpha value is -1.40. The molecule has 1 aromatic rings. The molecule has 1 N–H and O–H groups in total. The fourth-order valence-electron chi connectivity index (χ4n) is 2.17. The summed E-state index contributed by atoms with van der Waals surface area (Å²) < 4.78 is 5.69. The number of nitrogens with zero attached hydrogens (tertiary/aromatic N) is 1. The van der Waals surface area contributed by atoms with E-state index in [4.69, 9.17) is 16.3 Å². The molecule has 0 saturated carbocycles. The second kappa shape index (κ2) is 7.04. The fourth-order valence-corrected chi connectivity index (χ4v) is 3.20. The number of nitrogens with one attached hydrogen (secondary N) is 1. The van der Waals surface area contributed by atoms with Crippen LogP contribution in [0.4, 0.5) is 0 Å². The fraction of sp³-hybridized carbons (Fsp3) is 0.429. The Morgan fingerprint density at radius 3 is 2.90 bits per heavy atom. The average molecular weight is 329 g/mol. The zero-order chi connectivity index (χ0) is 15.4. The first-order chi connectivity index (χ1) is 10.1. The van der Waals surface area contributed by atoms with Crippen molar-refractivity contribution in [2.45, 2.75) is 25.0 Å². The zero-order valence-corrected chi connectivity index (χ0v) is 13.5. The van der Waals surface area contributed by atoms with Gasteiger partial charge in [-0.15, -0.1) is 11.8 Å². The van der Waals surface area contributed by atoms with Gasteiger partial charge in [0.05, 0.1) is 4.92 Å². The third kappa shape index (κ3) is 3.44. The van der Waals surface area contributed by atoms with E-state index >= 15 is 0 Å². The van der Waals surface area contributed by atoms with Crippen LogP contribution in [0.25, 0.3) is 0 Å². The highest BCUT2D eigenvalue weighted by molar-refractivity contribution is 7.99. The summed E-state index contributed by atoms with van der Waals surface area (Å²) in [6.07, 6.45) is 3.77. The van der Waals surface area contributed by atoms with Gasteiger partial charge < -0.3 is 10.1 Å². The van der Waals surface area contributed by atoms with E-state index in [0.717, 1.165) is 18.4 Å². The highest BCUT2D eigenvalue weighted by Gasteiger charge is 2.38. The van der Waals surface area contributed by atoms with Gasteiger partial charge in [-0.05, 0) is 30.9 Å². The summed E-state index contributed by atoms with van der Waals surface area (Å²) in [6, 6.07) is 5.20. The third-order valence-corrected chi connectivity index (χ3v) is 4.38. The number of fused-ring (bicyclic) bond motifs is 1. The molecule has 1 atom stereocenters. The van der Waals surface area contributed by atoms with Gasteiger partial charge in [0.15, 0.2) is 0 Å². The first-order valence-corrected chi connectivity index (χ1v) is 8.37. The molecular weight excluding hydrogens is 312 g/mol. The Kier molecular flexibility index (Phi) is 5.36. The summed E-state index contributed by atoms with van der Waals surface area (Å²) >= 11 is 7.40. The summed E-state index contributed by atoms with van der Waals surface area (Å²) in [4.78, 5) is 11.1. The highest BCUT2D eigenvalue weighted by Crippen LogP contribution is 2.45. The van der Waals surface area contributed by atoms with Crippen molar-refractivity contribution < 1.29 is 9.66 Å². The molecule has 0 aromatic heterocycles. The average Bonchev–Trinajstić information content (AvgIpc) is 2.46. The van der Waals surface area contributed by atoms with Gasteiger partial charge in [0.1, 0.15) is 11.0 Å². The Morgan fingerprint density at radius 2 is 2.29 bits per heavy atom. The van der Waals surface area contributed by atoms with Crippen LogP contribution in [0.1, 0.15) is 30.6 Å². The predicted molar refractivity (Wildman–Crippen MR) is 85.3 cm³/mol. The minimum Gasteiger partial charge on any atom is -0.435 e. The van der Waals surface area contributed by atoms with Crippen LogP contribution in [0.5, 0.6) is 5.75 Å². The second-order valence-corrected chi connectivity index (χ2v) is 6.03. The molecule has 2 rings (SSSR count). The standard InChI is InChI=1S/C14H17ClN2O3S/c1-3-4-7-16-14-12(17(18)19)13(21-2)10-8-9(15)5-6-11(10)20-14/h5-6,8,13,16H,3-4,7H2,1-2H3. The maximum atomic E-state index is 11.4. The van der Waals surface area contributed by atoms with Crippen molar-refractivity contribution in [3.63, 3.8) is 0 Å². The Balaban J connectivity index is 2.41. The molecule has 5 nitrogen and oxygen atoms in total. The molecule has 0 bridgehead atoms. The quantitative estimate of drug-likeness (QED) is 0.486. The molecule has 0 spiro atoms. The Morgan fingerprint density at radius 1 is 1.52 bits per heavy atom. The van der Waals surface area contributed by atoms with Gasteiger partial charge in [0.25, 0.3) is 5.88 Å². The molecule has 21 heavy (non-hydrogen) atoms. The third-order valence-electron chi connectivity index (χ3n) is 3.20. The summed E-state index contributed by atoms with van der Waals surface area (Å²) in [5, 5.41) is 14.6. The van der Waals surface area contributed by atoms with E-state index in [2.05, 4.69) is 12.2 Å². The first-order valence-electron chi connectivity index (χ1n) is 6.71. The molecule has 0 radical (unpaired) electrons. The summed E-state index contributed by atoms with van der Waals surface area (Å²) in [5.74, 6) is 0.853. The van der Waals surface area contributed by atoms with Crippen LogP contribution >= 0.6 is 23.4 Å². The van der Waals surface area contributed by atoms with Crippen LogP contribution in [-0.2, 0) is 0 Å². The van der Waals surface area contributed by atoms with Crippen molar-refractivity contribution in [1.29, 1.82) is 0 Å². The van der Waals surface area contributed by atoms with Crippen LogP contribution in [0.2, 0.25) is 5.02 Å². The van der Waals surface area contributed by atoms with Crippen LogP contribution in [-0.4, -0.2) is 17.7 Å². The van der Waals surface area contributed by atoms with Crippen molar-refractivity contribution >= 4 is 23.4 Å². The SMILES string of the molecule is CCCCNC1=C([N+](=O)[O-])C(SC)c2cc(Cl)ccc2O1. The number of thioether (sulfide) groups is 1. The molecule has 1 heterocycles. The second-order valence-electron chi connectivity index (χ2n) is 4.65. The van der Waals surface area contributed by atoms with Gasteiger partial charge in [-0.3, -0.25) is 10.1 Å². The van der Waals surface area contributed by atoms with E-state index in [1.54, 1.807) is 18.2 Å². The molecule has 1 unspecified atom stereocenters. The number of halogens is 1. The van der Waals surface area contributed by atoms with Crippen LogP contribution in [0.15, 0.2) is 29.8 Å². The molecule has 0 fully saturated rings. The lowest BCUT2D eigenvalue weighted by atomic mass is 10.1. The van der Waals surface area contributed by atoms with Crippen LogP contribution in [0, 0.1) is 10.1 Å². The number of nitro groups is 1. The minimum atomic E-state index is -0.397. The topological polar surface area (TPSA) is 64.4 Å². The molecule has 114 valence electrons. The van der Waals surface area contributed by atoms with Gasteiger partial charge in [0.2, 0.25) is 0 Å². The van der Waals surface area contributed by atoms with E-state index < -0.39 is 5.25 Å². The summed E-state index contributed by atoms with van der Waals surface area (Å²) in [6.45, 7) is 2.71. The lowest BCUT2D eigenvalue weighted by Gasteiger charge is -2.25. The normalized spacial score (nSPS) is 17.2. The highest BCUT2D eigenvalue weighted by atomic mass is 35.5. The Labute approximate surface area is 132 Å². The first kappa shape index (κ1) is 16.0. The summed E-state index contributed by atoms with van der Waals surface area (Å²) in [7, 11) is 0. The zero-order valence-electron chi connectivity index (χ0n) is 11.9. The van der Waals surface area contributed by atoms with Crippen molar-refractivity contribution in [2.24, 2.45) is 0 Å². The van der Waals surface area contributed by atoms with Gasteiger partial charge in [-0.25, -0.2) is 0 Å². The van der Waals surface area contributed by atoms with E-state index in [-0.39, 0.29) is 16.5 Å². The van der Waals surface area contributed by atoms with E-state index in [1.807, 2.05) is 6.26 Å². The predicted octanol–water partition coefficient (Wildman–Crippen LogP) is 3.97. The lowest BCUT2D eigenvalue weighted by Crippen LogP contribution is -2.28. The number of hydrogen-bond donors (Lipinski definition) is 1. The van der Waals surface area contributed by atoms with Gasteiger partial charge >= 0.3 is 5.70 Å². The maximum absolute atomic E-state index is 11.4. The van der Waals surface area contributed by atoms with Crippen LogP contribution < -0.4 is 10.1 Å². The van der Waals surface area contributed by atoms with Gasteiger partial charge in [0, 0.05) is 17.1 Å². The van der Waals surface area contributed by atoms with E-state index in [9.17, 15) is 10.1 Å². The molecule has 1 aromatic carbocycles. The van der Waals surface area contributed by atoms with Gasteiger partial charge in [-0.1, -0.05) is 24.9 Å². The van der Waals surface area contributed by atoms with E-state index in [0.29, 0.717) is 17.3 Å². The monoisotopic (exact) mass is 328 g/mol. The number of benzene rings is 1. The van der Waals surface area contributed by atoms with Crippen molar-refractivity contribution in [3.8, 4) is 5.75 Å². The van der Waals surface area contributed by atoms with Gasteiger partial charge in [-0.2, -0.15) is 0 Å². The molecule has 1 aliphatic rings. The molecule has 0 saturated heterocycles.